The fraction of sp³-hybridized carbons (Fsp3) is 0.292. The number of amides is 1. The van der Waals surface area contributed by atoms with Crippen molar-refractivity contribution in [1.29, 1.82) is 0 Å². The van der Waals surface area contributed by atoms with E-state index in [9.17, 15) is 4.79 Å². The van der Waals surface area contributed by atoms with Crippen LogP contribution in [0.4, 0.5) is 0 Å². The lowest BCUT2D eigenvalue weighted by molar-refractivity contribution is -0.128. The van der Waals surface area contributed by atoms with Crippen LogP contribution in [0.2, 0.25) is 0 Å². The molecule has 3 rings (SSSR count). The Labute approximate surface area is 171 Å². The summed E-state index contributed by atoms with van der Waals surface area (Å²) in [5, 5.41) is 5.11. The quantitative estimate of drug-likeness (QED) is 0.592. The number of fused-ring (bicyclic) bond motifs is 1. The number of nitrogens with one attached hydrogen (secondary N) is 1. The van der Waals surface area contributed by atoms with Gasteiger partial charge >= 0.3 is 0 Å². The molecule has 1 N–H and O–H groups in total. The second-order valence-electron chi connectivity index (χ2n) is 6.83. The number of carbonyl (C=O) groups is 1. The molecule has 3 aromatic carbocycles. The Morgan fingerprint density at radius 3 is 2.45 bits per heavy atom. The molecule has 0 heterocycles. The van der Waals surface area contributed by atoms with E-state index in [1.807, 2.05) is 74.5 Å². The van der Waals surface area contributed by atoms with Crippen molar-refractivity contribution in [2.75, 3.05) is 14.2 Å². The molecule has 152 valence electrons. The first-order valence-corrected chi connectivity index (χ1v) is 9.74. The SMILES string of the molecule is CC[C@@H](Oc1cccc2ccccc12)C(=O)N[C@H](C)c1cc(OC)ccc1OC. The molecule has 5 heteroatoms. The lowest BCUT2D eigenvalue weighted by Gasteiger charge is -2.22. The van der Waals surface area contributed by atoms with Gasteiger partial charge in [-0.1, -0.05) is 43.3 Å². The summed E-state index contributed by atoms with van der Waals surface area (Å²) in [6.07, 6.45) is -0.0448. The molecule has 0 bridgehead atoms. The molecule has 0 radical (unpaired) electrons. The minimum absolute atomic E-state index is 0.169. The highest BCUT2D eigenvalue weighted by atomic mass is 16.5. The van der Waals surface area contributed by atoms with Gasteiger partial charge in [-0.25, -0.2) is 0 Å². The third-order valence-electron chi connectivity index (χ3n) is 4.94. The van der Waals surface area contributed by atoms with Crippen molar-refractivity contribution >= 4 is 16.7 Å². The summed E-state index contributed by atoms with van der Waals surface area (Å²) in [6, 6.07) is 19.1. The lowest BCUT2D eigenvalue weighted by Crippen LogP contribution is -2.39. The van der Waals surface area contributed by atoms with E-state index < -0.39 is 6.10 Å². The summed E-state index contributed by atoms with van der Waals surface area (Å²) in [6.45, 7) is 3.85. The molecular formula is C24H27NO4. The van der Waals surface area contributed by atoms with Crippen LogP contribution in [-0.2, 0) is 4.79 Å². The van der Waals surface area contributed by atoms with Crippen molar-refractivity contribution in [2.45, 2.75) is 32.4 Å². The van der Waals surface area contributed by atoms with E-state index in [1.54, 1.807) is 14.2 Å². The molecule has 0 aliphatic rings. The van der Waals surface area contributed by atoms with Gasteiger partial charge in [0.25, 0.3) is 5.91 Å². The average molecular weight is 393 g/mol. The molecule has 29 heavy (non-hydrogen) atoms. The van der Waals surface area contributed by atoms with Crippen molar-refractivity contribution in [2.24, 2.45) is 0 Å². The number of hydrogen-bond acceptors (Lipinski definition) is 4. The number of benzene rings is 3. The summed E-state index contributed by atoms with van der Waals surface area (Å²) in [4.78, 5) is 12.9. The maximum absolute atomic E-state index is 12.9. The first kappa shape index (κ1) is 20.5. The van der Waals surface area contributed by atoms with Gasteiger partial charge in [0, 0.05) is 10.9 Å². The molecule has 0 unspecified atom stereocenters. The molecule has 0 saturated carbocycles. The Hall–Kier alpha value is -3.21. The first-order chi connectivity index (χ1) is 14.1. The Bertz CT molecular complexity index is 980. The van der Waals surface area contributed by atoms with Gasteiger partial charge in [-0.2, -0.15) is 0 Å². The predicted molar refractivity (Wildman–Crippen MR) is 115 cm³/mol. The first-order valence-electron chi connectivity index (χ1n) is 9.74. The van der Waals surface area contributed by atoms with Crippen LogP contribution < -0.4 is 19.5 Å². The van der Waals surface area contributed by atoms with Crippen LogP contribution in [-0.4, -0.2) is 26.2 Å². The van der Waals surface area contributed by atoms with Crippen LogP contribution in [0.25, 0.3) is 10.8 Å². The smallest absolute Gasteiger partial charge is 0.261 e. The van der Waals surface area contributed by atoms with Crippen LogP contribution in [0.3, 0.4) is 0 Å². The molecule has 0 fully saturated rings. The molecule has 0 aliphatic heterocycles. The van der Waals surface area contributed by atoms with Crippen molar-refractivity contribution in [3.63, 3.8) is 0 Å². The summed E-state index contributed by atoms with van der Waals surface area (Å²) in [5.74, 6) is 1.94. The molecule has 0 saturated heterocycles. The lowest BCUT2D eigenvalue weighted by atomic mass is 10.1. The Morgan fingerprint density at radius 2 is 1.72 bits per heavy atom. The van der Waals surface area contributed by atoms with Gasteiger partial charge in [0.05, 0.1) is 20.3 Å². The average Bonchev–Trinajstić information content (AvgIpc) is 2.76. The van der Waals surface area contributed by atoms with Crippen LogP contribution >= 0.6 is 0 Å². The van der Waals surface area contributed by atoms with E-state index in [2.05, 4.69) is 5.32 Å². The summed E-state index contributed by atoms with van der Waals surface area (Å²) in [5.41, 5.74) is 0.847. The minimum Gasteiger partial charge on any atom is -0.497 e. The zero-order valence-corrected chi connectivity index (χ0v) is 17.3. The van der Waals surface area contributed by atoms with E-state index in [1.165, 1.54) is 0 Å². The molecular weight excluding hydrogens is 366 g/mol. The van der Waals surface area contributed by atoms with E-state index in [-0.39, 0.29) is 11.9 Å². The summed E-state index contributed by atoms with van der Waals surface area (Å²) >= 11 is 0. The second kappa shape index (κ2) is 9.32. The number of ether oxygens (including phenoxy) is 3. The van der Waals surface area contributed by atoms with E-state index in [0.717, 1.165) is 16.3 Å². The minimum atomic E-state index is -0.597. The van der Waals surface area contributed by atoms with E-state index in [4.69, 9.17) is 14.2 Å². The number of methoxy groups -OCH3 is 2. The fourth-order valence-corrected chi connectivity index (χ4v) is 3.34. The van der Waals surface area contributed by atoms with E-state index >= 15 is 0 Å². The van der Waals surface area contributed by atoms with Gasteiger partial charge in [0.1, 0.15) is 17.2 Å². The monoisotopic (exact) mass is 393 g/mol. The molecule has 0 aliphatic carbocycles. The highest BCUT2D eigenvalue weighted by molar-refractivity contribution is 5.89. The van der Waals surface area contributed by atoms with Gasteiger partial charge in [0.15, 0.2) is 6.10 Å². The van der Waals surface area contributed by atoms with Crippen LogP contribution in [0.5, 0.6) is 17.2 Å². The Morgan fingerprint density at radius 1 is 0.966 bits per heavy atom. The number of carbonyl (C=O) groups excluding carboxylic acids is 1. The largest absolute Gasteiger partial charge is 0.497 e. The molecule has 2 atom stereocenters. The van der Waals surface area contributed by atoms with Gasteiger partial charge < -0.3 is 19.5 Å². The number of rotatable bonds is 8. The molecule has 5 nitrogen and oxygen atoms in total. The topological polar surface area (TPSA) is 56.8 Å². The zero-order chi connectivity index (χ0) is 20.8. The third kappa shape index (κ3) is 4.62. The van der Waals surface area contributed by atoms with Crippen LogP contribution in [0.15, 0.2) is 60.7 Å². The summed E-state index contributed by atoms with van der Waals surface area (Å²) in [7, 11) is 3.22. The zero-order valence-electron chi connectivity index (χ0n) is 17.3. The van der Waals surface area contributed by atoms with Crippen molar-refractivity contribution in [1.82, 2.24) is 5.32 Å². The highest BCUT2D eigenvalue weighted by Crippen LogP contribution is 2.30. The fourth-order valence-electron chi connectivity index (χ4n) is 3.34. The van der Waals surface area contributed by atoms with Crippen LogP contribution in [0, 0.1) is 0 Å². The Kier molecular flexibility index (Phi) is 6.60. The van der Waals surface area contributed by atoms with Gasteiger partial charge in [0.2, 0.25) is 0 Å². The van der Waals surface area contributed by atoms with Crippen LogP contribution in [0.1, 0.15) is 31.9 Å². The van der Waals surface area contributed by atoms with E-state index in [0.29, 0.717) is 23.7 Å². The normalized spacial score (nSPS) is 12.8. The highest BCUT2D eigenvalue weighted by Gasteiger charge is 2.23. The molecule has 1 amide bonds. The molecule has 3 aromatic rings. The van der Waals surface area contributed by atoms with Gasteiger partial charge in [-0.05, 0) is 43.0 Å². The number of hydrogen-bond donors (Lipinski definition) is 1. The van der Waals surface area contributed by atoms with Crippen molar-refractivity contribution in [3.05, 3.63) is 66.2 Å². The Balaban J connectivity index is 1.78. The molecule has 0 spiro atoms. The standard InChI is InChI=1S/C24H27NO4/c1-5-21(29-23-12-8-10-17-9-6-7-11-19(17)23)24(26)25-16(2)20-15-18(27-3)13-14-22(20)28-4/h6-16,21H,5H2,1-4H3,(H,25,26)/t16-,21-/m1/s1. The maximum Gasteiger partial charge on any atom is 0.261 e. The van der Waals surface area contributed by atoms with Crippen molar-refractivity contribution in [3.8, 4) is 17.2 Å². The van der Waals surface area contributed by atoms with Gasteiger partial charge in [-0.3, -0.25) is 4.79 Å². The van der Waals surface area contributed by atoms with Gasteiger partial charge in [-0.15, -0.1) is 0 Å². The predicted octanol–water partition coefficient (Wildman–Crippen LogP) is 4.89. The summed E-state index contributed by atoms with van der Waals surface area (Å²) < 4.78 is 16.9. The second-order valence-corrected chi connectivity index (χ2v) is 6.83. The van der Waals surface area contributed by atoms with Crippen molar-refractivity contribution < 1.29 is 19.0 Å². The molecule has 0 aromatic heterocycles. The maximum atomic E-state index is 12.9. The third-order valence-corrected chi connectivity index (χ3v) is 4.94.